The number of nitrogens with zero attached hydrogens (tertiary/aromatic N) is 2. The molecule has 0 aliphatic carbocycles. The number of rotatable bonds is 4. The summed E-state index contributed by atoms with van der Waals surface area (Å²) in [6, 6.07) is 5.24. The van der Waals surface area contributed by atoms with Crippen molar-refractivity contribution in [2.75, 3.05) is 10.6 Å². The van der Waals surface area contributed by atoms with E-state index in [1.54, 1.807) is 18.2 Å². The van der Waals surface area contributed by atoms with E-state index in [1.165, 1.54) is 22.7 Å². The first-order chi connectivity index (χ1) is 12.6. The van der Waals surface area contributed by atoms with E-state index < -0.39 is 5.41 Å². The number of thiazole rings is 2. The van der Waals surface area contributed by atoms with Crippen molar-refractivity contribution in [3.8, 4) is 10.6 Å². The molecule has 0 unspecified atom stereocenters. The van der Waals surface area contributed by atoms with E-state index in [-0.39, 0.29) is 5.91 Å². The van der Waals surface area contributed by atoms with Crippen molar-refractivity contribution in [2.24, 2.45) is 5.41 Å². The molecule has 1 aromatic carbocycles. The van der Waals surface area contributed by atoms with E-state index in [1.807, 2.05) is 33.1 Å². The maximum absolute atomic E-state index is 12.2. The lowest BCUT2D eigenvalue weighted by Gasteiger charge is -2.15. The lowest BCUT2D eigenvalue weighted by Crippen LogP contribution is -2.27. The maximum atomic E-state index is 12.2. The van der Waals surface area contributed by atoms with Gasteiger partial charge in [-0.15, -0.1) is 11.3 Å². The summed E-state index contributed by atoms with van der Waals surface area (Å²) in [4.78, 5) is 22.2. The van der Waals surface area contributed by atoms with Crippen LogP contribution >= 0.6 is 45.9 Å². The van der Waals surface area contributed by atoms with Crippen molar-refractivity contribution >= 4 is 67.7 Å². The molecule has 0 aliphatic heterocycles. The number of aromatic nitrogens is 2. The fourth-order valence-electron chi connectivity index (χ4n) is 2.16. The van der Waals surface area contributed by atoms with Crippen LogP contribution in [0.15, 0.2) is 23.6 Å². The molecule has 0 saturated carbocycles. The minimum Gasteiger partial charge on any atom is -0.331 e. The molecule has 1 amide bonds. The minimum absolute atomic E-state index is 0.0683. The smallest absolute Gasteiger partial charge is 0.231 e. The number of carbonyl (C=O) groups is 1. The molecule has 2 aromatic heterocycles. The van der Waals surface area contributed by atoms with E-state index >= 15 is 0 Å². The molecule has 0 saturated heterocycles. The minimum atomic E-state index is -0.476. The molecular weight excluding hydrogens is 423 g/mol. The van der Waals surface area contributed by atoms with Gasteiger partial charge in [-0.25, -0.2) is 9.97 Å². The summed E-state index contributed by atoms with van der Waals surface area (Å²) < 4.78 is 0. The van der Waals surface area contributed by atoms with Gasteiger partial charge in [0.2, 0.25) is 5.91 Å². The van der Waals surface area contributed by atoms with Crippen LogP contribution in [-0.2, 0) is 4.79 Å². The first-order valence-electron chi connectivity index (χ1n) is 8.10. The summed E-state index contributed by atoms with van der Waals surface area (Å²) >= 11 is 14.9. The molecule has 3 aromatic rings. The number of carbonyl (C=O) groups excluding carboxylic acids is 1. The normalized spacial score (nSPS) is 11.5. The Kier molecular flexibility index (Phi) is 5.76. The summed E-state index contributed by atoms with van der Waals surface area (Å²) in [7, 11) is 0. The highest BCUT2D eigenvalue weighted by Crippen LogP contribution is 2.36. The topological polar surface area (TPSA) is 66.9 Å². The van der Waals surface area contributed by atoms with Gasteiger partial charge >= 0.3 is 0 Å². The zero-order chi connectivity index (χ0) is 19.8. The molecule has 0 aliphatic rings. The number of anilines is 3. The van der Waals surface area contributed by atoms with Gasteiger partial charge in [-0.3, -0.25) is 4.79 Å². The Morgan fingerprint density at radius 2 is 1.74 bits per heavy atom. The Balaban J connectivity index is 1.79. The van der Waals surface area contributed by atoms with Crippen LogP contribution in [0.4, 0.5) is 16.0 Å². The number of nitrogens with one attached hydrogen (secondary N) is 2. The van der Waals surface area contributed by atoms with Crippen LogP contribution in [0.25, 0.3) is 10.6 Å². The Labute approximate surface area is 175 Å². The van der Waals surface area contributed by atoms with Gasteiger partial charge in [0, 0.05) is 26.5 Å². The number of halogens is 2. The van der Waals surface area contributed by atoms with E-state index in [2.05, 4.69) is 20.6 Å². The standard InChI is InChI=1S/C18H18Cl2N4OS2/c1-9-14(27-17(21-9)24-15(25)18(2,3)4)13-8-26-16(23-13)22-12-6-10(19)5-11(20)7-12/h5-8H,1-4H3,(H,22,23)(H,21,24,25). The fourth-order valence-corrected chi connectivity index (χ4v) is 4.40. The van der Waals surface area contributed by atoms with Gasteiger partial charge in [0.15, 0.2) is 10.3 Å². The predicted octanol–water partition coefficient (Wildman–Crippen LogP) is 6.61. The van der Waals surface area contributed by atoms with Gasteiger partial charge in [0.05, 0.1) is 16.3 Å². The molecule has 3 rings (SSSR count). The van der Waals surface area contributed by atoms with Gasteiger partial charge in [0.1, 0.15) is 0 Å². The van der Waals surface area contributed by atoms with Gasteiger partial charge < -0.3 is 10.6 Å². The van der Waals surface area contributed by atoms with Crippen molar-refractivity contribution in [1.29, 1.82) is 0 Å². The molecule has 0 bridgehead atoms. The van der Waals surface area contributed by atoms with E-state index in [0.717, 1.165) is 27.1 Å². The van der Waals surface area contributed by atoms with Gasteiger partial charge in [-0.05, 0) is 25.1 Å². The third kappa shape index (κ3) is 4.99. The van der Waals surface area contributed by atoms with E-state index in [0.29, 0.717) is 15.2 Å². The second kappa shape index (κ2) is 7.75. The summed E-state index contributed by atoms with van der Waals surface area (Å²) in [6.45, 7) is 7.50. The van der Waals surface area contributed by atoms with Gasteiger partial charge in [-0.2, -0.15) is 0 Å². The van der Waals surface area contributed by atoms with Crippen LogP contribution < -0.4 is 10.6 Å². The summed E-state index contributed by atoms with van der Waals surface area (Å²) in [5.41, 5.74) is 1.93. The molecule has 0 fully saturated rings. The predicted molar refractivity (Wildman–Crippen MR) is 116 cm³/mol. The zero-order valence-electron chi connectivity index (χ0n) is 15.2. The maximum Gasteiger partial charge on any atom is 0.231 e. The molecular formula is C18H18Cl2N4OS2. The highest BCUT2D eigenvalue weighted by molar-refractivity contribution is 7.20. The quantitative estimate of drug-likeness (QED) is 0.478. The van der Waals surface area contributed by atoms with Crippen LogP contribution in [-0.4, -0.2) is 15.9 Å². The lowest BCUT2D eigenvalue weighted by atomic mass is 9.96. The number of hydrogen-bond donors (Lipinski definition) is 2. The number of amides is 1. The SMILES string of the molecule is Cc1nc(NC(=O)C(C)(C)C)sc1-c1csc(Nc2cc(Cl)cc(Cl)c2)n1. The van der Waals surface area contributed by atoms with Gasteiger partial charge in [-0.1, -0.05) is 55.3 Å². The van der Waals surface area contributed by atoms with Crippen molar-refractivity contribution in [1.82, 2.24) is 9.97 Å². The zero-order valence-corrected chi connectivity index (χ0v) is 18.3. The van der Waals surface area contributed by atoms with Crippen LogP contribution in [0.1, 0.15) is 26.5 Å². The summed E-state index contributed by atoms with van der Waals surface area (Å²) in [6.07, 6.45) is 0. The molecule has 142 valence electrons. The highest BCUT2D eigenvalue weighted by Gasteiger charge is 2.23. The average Bonchev–Trinajstić information content (AvgIpc) is 3.11. The van der Waals surface area contributed by atoms with Crippen molar-refractivity contribution in [2.45, 2.75) is 27.7 Å². The summed E-state index contributed by atoms with van der Waals surface area (Å²) in [5.74, 6) is -0.0683. The van der Waals surface area contributed by atoms with E-state index in [9.17, 15) is 4.79 Å². The van der Waals surface area contributed by atoms with Crippen molar-refractivity contribution in [3.63, 3.8) is 0 Å². The number of hydrogen-bond acceptors (Lipinski definition) is 6. The molecule has 2 heterocycles. The van der Waals surface area contributed by atoms with Crippen LogP contribution in [0.5, 0.6) is 0 Å². The molecule has 2 N–H and O–H groups in total. The Hall–Kier alpha value is -1.67. The Bertz CT molecular complexity index is 971. The first-order valence-corrected chi connectivity index (χ1v) is 10.5. The Morgan fingerprint density at radius 3 is 2.37 bits per heavy atom. The largest absolute Gasteiger partial charge is 0.331 e. The molecule has 27 heavy (non-hydrogen) atoms. The highest BCUT2D eigenvalue weighted by atomic mass is 35.5. The third-order valence-corrected chi connectivity index (χ3v) is 5.84. The number of benzene rings is 1. The molecule has 5 nitrogen and oxygen atoms in total. The first kappa shape index (κ1) is 20.1. The van der Waals surface area contributed by atoms with Gasteiger partial charge in [0.25, 0.3) is 0 Å². The molecule has 0 spiro atoms. The molecule has 0 atom stereocenters. The van der Waals surface area contributed by atoms with Crippen LogP contribution in [0, 0.1) is 12.3 Å². The number of aryl methyl sites for hydroxylation is 1. The second-order valence-corrected chi connectivity index (χ2v) is 9.69. The molecule has 0 radical (unpaired) electrons. The van der Waals surface area contributed by atoms with Crippen molar-refractivity contribution < 1.29 is 4.79 Å². The van der Waals surface area contributed by atoms with E-state index in [4.69, 9.17) is 23.2 Å². The molecule has 9 heteroatoms. The second-order valence-electron chi connectivity index (χ2n) is 6.96. The van der Waals surface area contributed by atoms with Crippen molar-refractivity contribution in [3.05, 3.63) is 39.3 Å². The third-order valence-electron chi connectivity index (χ3n) is 3.55. The van der Waals surface area contributed by atoms with Crippen LogP contribution in [0.3, 0.4) is 0 Å². The van der Waals surface area contributed by atoms with Crippen LogP contribution in [0.2, 0.25) is 10.0 Å². The Morgan fingerprint density at radius 1 is 1.07 bits per heavy atom. The fraction of sp³-hybridized carbons (Fsp3) is 0.278. The lowest BCUT2D eigenvalue weighted by molar-refractivity contribution is -0.123. The average molecular weight is 441 g/mol. The monoisotopic (exact) mass is 440 g/mol. The summed E-state index contributed by atoms with van der Waals surface area (Å²) in [5, 5.41) is 10.4.